The van der Waals surface area contributed by atoms with E-state index in [9.17, 15) is 9.59 Å². The molecule has 3 aliphatic heterocycles. The summed E-state index contributed by atoms with van der Waals surface area (Å²) in [6.07, 6.45) is 7.83. The Morgan fingerprint density at radius 1 is 0.964 bits per heavy atom. The molecule has 5 rings (SSSR count). The van der Waals surface area contributed by atoms with Crippen LogP contribution in [0.2, 0.25) is 0 Å². The molecular weight excluding hydrogens is 350 g/mol. The maximum absolute atomic E-state index is 13.0. The number of hydrogen-bond donors (Lipinski definition) is 1. The fourth-order valence-electron chi connectivity index (χ4n) is 5.68. The number of benzene rings is 1. The molecule has 5 heteroatoms. The SMILES string of the molecule is O=C(c1ccc2c(c1)CCN(C(=O)C1CCCCC1)C2)N1CC2CCNC2C1. The maximum Gasteiger partial charge on any atom is 0.253 e. The van der Waals surface area contributed by atoms with E-state index < -0.39 is 0 Å². The van der Waals surface area contributed by atoms with Crippen LogP contribution in [-0.4, -0.2) is 53.8 Å². The molecule has 150 valence electrons. The highest BCUT2D eigenvalue weighted by molar-refractivity contribution is 5.95. The quantitative estimate of drug-likeness (QED) is 0.857. The number of carbonyl (C=O) groups is 2. The number of amides is 2. The molecule has 1 aromatic rings. The molecule has 4 aliphatic rings. The molecule has 0 radical (unpaired) electrons. The van der Waals surface area contributed by atoms with Gasteiger partial charge in [0.05, 0.1) is 0 Å². The monoisotopic (exact) mass is 381 g/mol. The van der Waals surface area contributed by atoms with Crippen LogP contribution in [-0.2, 0) is 17.8 Å². The molecule has 1 N–H and O–H groups in total. The lowest BCUT2D eigenvalue weighted by atomic mass is 9.87. The van der Waals surface area contributed by atoms with Gasteiger partial charge >= 0.3 is 0 Å². The van der Waals surface area contributed by atoms with Crippen LogP contribution in [0.5, 0.6) is 0 Å². The van der Waals surface area contributed by atoms with Crippen molar-refractivity contribution in [3.05, 3.63) is 34.9 Å². The highest BCUT2D eigenvalue weighted by Crippen LogP contribution is 2.29. The highest BCUT2D eigenvalue weighted by atomic mass is 16.2. The maximum atomic E-state index is 13.0. The molecule has 2 saturated heterocycles. The third-order valence-corrected chi connectivity index (χ3v) is 7.38. The molecule has 3 fully saturated rings. The standard InChI is InChI=1S/C23H31N3O2/c27-22(16-4-2-1-3-5-16)25-11-9-17-12-18(6-7-19(17)13-25)23(28)26-14-20-8-10-24-21(20)15-26/h6-7,12,16,20-21,24H,1-5,8-11,13-15H2. The Labute approximate surface area is 167 Å². The Kier molecular flexibility index (Phi) is 4.87. The number of rotatable bonds is 2. The van der Waals surface area contributed by atoms with Gasteiger partial charge < -0.3 is 15.1 Å². The van der Waals surface area contributed by atoms with Crippen molar-refractivity contribution in [3.8, 4) is 0 Å². The molecule has 1 aliphatic carbocycles. The zero-order chi connectivity index (χ0) is 19.1. The molecule has 1 saturated carbocycles. The lowest BCUT2D eigenvalue weighted by molar-refractivity contribution is -0.137. The van der Waals surface area contributed by atoms with E-state index >= 15 is 0 Å². The number of nitrogens with zero attached hydrogens (tertiary/aromatic N) is 2. The number of carbonyl (C=O) groups excluding carboxylic acids is 2. The number of fused-ring (bicyclic) bond motifs is 2. The molecule has 28 heavy (non-hydrogen) atoms. The average Bonchev–Trinajstić information content (AvgIpc) is 3.35. The first-order chi connectivity index (χ1) is 13.7. The van der Waals surface area contributed by atoms with Crippen molar-refractivity contribution in [3.63, 3.8) is 0 Å². The summed E-state index contributed by atoms with van der Waals surface area (Å²) in [5.74, 6) is 1.38. The van der Waals surface area contributed by atoms with Crippen LogP contribution in [0.1, 0.15) is 60.0 Å². The number of likely N-dealkylation sites (tertiary alicyclic amines) is 1. The van der Waals surface area contributed by atoms with E-state index in [0.717, 1.165) is 51.0 Å². The highest BCUT2D eigenvalue weighted by Gasteiger charge is 2.38. The predicted molar refractivity (Wildman–Crippen MR) is 108 cm³/mol. The van der Waals surface area contributed by atoms with Crippen molar-refractivity contribution in [1.29, 1.82) is 0 Å². The molecule has 0 spiro atoms. The van der Waals surface area contributed by atoms with Gasteiger partial charge in [-0.15, -0.1) is 0 Å². The van der Waals surface area contributed by atoms with Crippen molar-refractivity contribution in [2.45, 2.75) is 57.5 Å². The predicted octanol–water partition coefficient (Wildman–Crippen LogP) is 2.59. The Hall–Kier alpha value is -1.88. The zero-order valence-electron chi connectivity index (χ0n) is 16.7. The zero-order valence-corrected chi connectivity index (χ0v) is 16.7. The van der Waals surface area contributed by atoms with Crippen molar-refractivity contribution in [2.75, 3.05) is 26.2 Å². The molecule has 5 nitrogen and oxygen atoms in total. The first-order valence-electron chi connectivity index (χ1n) is 11.1. The topological polar surface area (TPSA) is 52.7 Å². The number of nitrogens with one attached hydrogen (secondary N) is 1. The summed E-state index contributed by atoms with van der Waals surface area (Å²) in [6.45, 7) is 4.31. The summed E-state index contributed by atoms with van der Waals surface area (Å²) in [5, 5.41) is 3.52. The third kappa shape index (κ3) is 3.34. The Morgan fingerprint density at radius 3 is 2.64 bits per heavy atom. The van der Waals surface area contributed by atoms with Crippen LogP contribution in [0.15, 0.2) is 18.2 Å². The lowest BCUT2D eigenvalue weighted by Crippen LogP contribution is -2.40. The molecule has 3 heterocycles. The van der Waals surface area contributed by atoms with E-state index in [0.29, 0.717) is 24.4 Å². The van der Waals surface area contributed by atoms with Gasteiger partial charge in [-0.05, 0) is 61.4 Å². The van der Waals surface area contributed by atoms with Gasteiger partial charge in [0.15, 0.2) is 0 Å². The smallest absolute Gasteiger partial charge is 0.253 e. The van der Waals surface area contributed by atoms with Crippen molar-refractivity contribution in [2.24, 2.45) is 11.8 Å². The molecule has 2 amide bonds. The van der Waals surface area contributed by atoms with Gasteiger partial charge in [-0.2, -0.15) is 0 Å². The second kappa shape index (κ2) is 7.51. The van der Waals surface area contributed by atoms with E-state index in [1.807, 2.05) is 15.9 Å². The second-order valence-corrected chi connectivity index (χ2v) is 9.15. The minimum absolute atomic E-state index is 0.166. The average molecular weight is 382 g/mol. The molecule has 0 bridgehead atoms. The molecule has 0 aromatic heterocycles. The van der Waals surface area contributed by atoms with Crippen molar-refractivity contribution < 1.29 is 9.59 Å². The summed E-state index contributed by atoms with van der Waals surface area (Å²) in [4.78, 5) is 29.9. The Morgan fingerprint density at radius 2 is 1.82 bits per heavy atom. The van der Waals surface area contributed by atoms with Crippen LogP contribution < -0.4 is 5.32 Å². The van der Waals surface area contributed by atoms with Crippen LogP contribution >= 0.6 is 0 Å². The first-order valence-corrected chi connectivity index (χ1v) is 11.1. The van der Waals surface area contributed by atoms with E-state index in [1.165, 1.54) is 36.8 Å². The Balaban J connectivity index is 1.25. The van der Waals surface area contributed by atoms with Crippen LogP contribution in [0.3, 0.4) is 0 Å². The number of hydrogen-bond acceptors (Lipinski definition) is 3. The molecule has 2 unspecified atom stereocenters. The van der Waals surface area contributed by atoms with Gasteiger partial charge in [-0.1, -0.05) is 25.3 Å². The summed E-state index contributed by atoms with van der Waals surface area (Å²) in [6, 6.07) is 6.62. The van der Waals surface area contributed by atoms with Crippen LogP contribution in [0.25, 0.3) is 0 Å². The van der Waals surface area contributed by atoms with Gasteiger partial charge in [0, 0.05) is 43.7 Å². The fraction of sp³-hybridized carbons (Fsp3) is 0.652. The third-order valence-electron chi connectivity index (χ3n) is 7.38. The van der Waals surface area contributed by atoms with Crippen molar-refractivity contribution >= 4 is 11.8 Å². The molecule has 1 aromatic carbocycles. The first kappa shape index (κ1) is 18.2. The van der Waals surface area contributed by atoms with E-state index in [4.69, 9.17) is 0 Å². The largest absolute Gasteiger partial charge is 0.338 e. The van der Waals surface area contributed by atoms with Gasteiger partial charge in [0.25, 0.3) is 5.91 Å². The van der Waals surface area contributed by atoms with E-state index in [1.54, 1.807) is 0 Å². The van der Waals surface area contributed by atoms with Gasteiger partial charge in [0.1, 0.15) is 0 Å². The summed E-state index contributed by atoms with van der Waals surface area (Å²) < 4.78 is 0. The van der Waals surface area contributed by atoms with E-state index in [-0.39, 0.29) is 11.8 Å². The lowest BCUT2D eigenvalue weighted by Gasteiger charge is -2.33. The minimum Gasteiger partial charge on any atom is -0.338 e. The van der Waals surface area contributed by atoms with Crippen LogP contribution in [0, 0.1) is 11.8 Å². The summed E-state index contributed by atoms with van der Waals surface area (Å²) >= 11 is 0. The summed E-state index contributed by atoms with van der Waals surface area (Å²) in [5.41, 5.74) is 3.27. The second-order valence-electron chi connectivity index (χ2n) is 9.15. The normalized spacial score (nSPS) is 27.6. The minimum atomic E-state index is 0.166. The van der Waals surface area contributed by atoms with E-state index in [2.05, 4.69) is 17.4 Å². The van der Waals surface area contributed by atoms with Gasteiger partial charge in [-0.25, -0.2) is 0 Å². The van der Waals surface area contributed by atoms with Crippen molar-refractivity contribution in [1.82, 2.24) is 15.1 Å². The fourth-order valence-corrected chi connectivity index (χ4v) is 5.68. The van der Waals surface area contributed by atoms with Gasteiger partial charge in [0.2, 0.25) is 5.91 Å². The molecular formula is C23H31N3O2. The Bertz CT molecular complexity index is 759. The summed E-state index contributed by atoms with van der Waals surface area (Å²) in [7, 11) is 0. The van der Waals surface area contributed by atoms with Gasteiger partial charge in [-0.3, -0.25) is 9.59 Å². The molecule has 2 atom stereocenters. The van der Waals surface area contributed by atoms with Crippen LogP contribution in [0.4, 0.5) is 0 Å².